The molecule has 0 saturated heterocycles. The van der Waals surface area contributed by atoms with E-state index in [9.17, 15) is 28.8 Å². The number of carboxylic acids is 1. The SMILES string of the molecule is CCNC(=O)C(NC(=O)[C@H](C)NCC(CC(C)C)NC(=O)[C@H](CCc1ccccc1)NC(=O)C(NC(=O)CCCC(=O)O)[C@@H](C)CC)C(C)C. The quantitative estimate of drug-likeness (QED) is 0.0854. The van der Waals surface area contributed by atoms with Gasteiger partial charge in [-0.25, -0.2) is 0 Å². The third-order valence-electron chi connectivity index (χ3n) is 8.57. The Balaban J connectivity index is 3.12. The van der Waals surface area contributed by atoms with E-state index in [1.54, 1.807) is 6.92 Å². The number of carbonyl (C=O) groups is 6. The molecule has 1 aromatic carbocycles. The minimum atomic E-state index is -0.999. The third-order valence-corrected chi connectivity index (χ3v) is 8.57. The summed E-state index contributed by atoms with van der Waals surface area (Å²) >= 11 is 0. The van der Waals surface area contributed by atoms with E-state index in [1.165, 1.54) is 0 Å². The molecule has 3 unspecified atom stereocenters. The van der Waals surface area contributed by atoms with Gasteiger partial charge in [0.1, 0.15) is 18.1 Å². The van der Waals surface area contributed by atoms with Crippen molar-refractivity contribution in [2.24, 2.45) is 17.8 Å². The molecule has 0 aliphatic heterocycles. The standard InChI is InChI=1S/C37H62N6O7/c1-9-25(7)33(42-30(44)17-14-18-31(45)46)37(50)41-29(20-19-27-15-12-11-13-16-27)35(48)40-28(21-23(3)4)22-39-26(8)34(47)43-32(24(5)6)36(49)38-10-2/h11-13,15-16,23-26,28-29,32-33,39H,9-10,14,17-22H2,1-8H3,(H,38,49)(H,40,48)(H,41,50)(H,42,44)(H,43,47)(H,45,46)/t25-,26-,28?,29-,32?,33?/m0/s1. The summed E-state index contributed by atoms with van der Waals surface area (Å²) in [4.78, 5) is 76.6. The Morgan fingerprint density at radius 3 is 1.96 bits per heavy atom. The van der Waals surface area contributed by atoms with Crippen molar-refractivity contribution in [1.29, 1.82) is 0 Å². The van der Waals surface area contributed by atoms with Crippen molar-refractivity contribution >= 4 is 35.5 Å². The Kier molecular flexibility index (Phi) is 20.6. The summed E-state index contributed by atoms with van der Waals surface area (Å²) < 4.78 is 0. The third kappa shape index (κ3) is 17.1. The Morgan fingerprint density at radius 2 is 1.40 bits per heavy atom. The molecular weight excluding hydrogens is 640 g/mol. The van der Waals surface area contributed by atoms with Gasteiger partial charge in [0.05, 0.1) is 6.04 Å². The molecular formula is C37H62N6O7. The van der Waals surface area contributed by atoms with E-state index in [2.05, 4.69) is 31.9 Å². The molecule has 1 aromatic rings. The smallest absolute Gasteiger partial charge is 0.303 e. The second-order valence-electron chi connectivity index (χ2n) is 13.9. The van der Waals surface area contributed by atoms with Crippen LogP contribution in [0.25, 0.3) is 0 Å². The molecule has 0 radical (unpaired) electrons. The monoisotopic (exact) mass is 702 g/mol. The molecule has 13 nitrogen and oxygen atoms in total. The molecule has 0 saturated carbocycles. The maximum Gasteiger partial charge on any atom is 0.303 e. The van der Waals surface area contributed by atoms with Crippen LogP contribution >= 0.6 is 0 Å². The van der Waals surface area contributed by atoms with Crippen LogP contribution in [0.1, 0.15) is 99.5 Å². The second-order valence-corrected chi connectivity index (χ2v) is 13.9. The number of amides is 5. The van der Waals surface area contributed by atoms with Crippen molar-refractivity contribution in [2.45, 2.75) is 131 Å². The van der Waals surface area contributed by atoms with Crippen LogP contribution in [0.15, 0.2) is 30.3 Å². The van der Waals surface area contributed by atoms with E-state index < -0.39 is 42.0 Å². The summed E-state index contributed by atoms with van der Waals surface area (Å²) in [6.07, 6.45) is 1.97. The average molecular weight is 703 g/mol. The molecule has 0 heterocycles. The zero-order chi connectivity index (χ0) is 37.8. The summed E-state index contributed by atoms with van der Waals surface area (Å²) in [7, 11) is 0. The first-order chi connectivity index (χ1) is 23.6. The lowest BCUT2D eigenvalue weighted by molar-refractivity contribution is -0.137. The van der Waals surface area contributed by atoms with Crippen LogP contribution in [0.4, 0.5) is 0 Å². The van der Waals surface area contributed by atoms with Gasteiger partial charge in [0, 0.05) is 32.0 Å². The number of aryl methyl sites for hydroxylation is 1. The minimum absolute atomic E-state index is 0.0329. The van der Waals surface area contributed by atoms with Crippen LogP contribution < -0.4 is 31.9 Å². The van der Waals surface area contributed by atoms with Crippen molar-refractivity contribution in [3.8, 4) is 0 Å². The van der Waals surface area contributed by atoms with E-state index in [-0.39, 0.29) is 67.3 Å². The van der Waals surface area contributed by atoms with Crippen LogP contribution in [0, 0.1) is 17.8 Å². The van der Waals surface area contributed by atoms with Crippen LogP contribution in [-0.4, -0.2) is 83.9 Å². The molecule has 13 heteroatoms. The maximum absolute atomic E-state index is 13.9. The Hall–Kier alpha value is -4.00. The molecule has 1 rings (SSSR count). The average Bonchev–Trinajstić information content (AvgIpc) is 3.05. The summed E-state index contributed by atoms with van der Waals surface area (Å²) in [6, 6.07) is 6.07. The van der Waals surface area contributed by atoms with Crippen LogP contribution in [0.3, 0.4) is 0 Å². The van der Waals surface area contributed by atoms with Gasteiger partial charge in [-0.05, 0) is 62.8 Å². The molecule has 0 bridgehead atoms. The molecule has 6 atom stereocenters. The normalized spacial score (nSPS) is 14.8. The molecule has 0 aliphatic rings. The predicted octanol–water partition coefficient (Wildman–Crippen LogP) is 2.68. The van der Waals surface area contributed by atoms with Crippen molar-refractivity contribution in [3.05, 3.63) is 35.9 Å². The number of rotatable bonds is 24. The highest BCUT2D eigenvalue weighted by Gasteiger charge is 2.31. The lowest BCUT2D eigenvalue weighted by Gasteiger charge is -2.29. The highest BCUT2D eigenvalue weighted by Crippen LogP contribution is 2.13. The van der Waals surface area contributed by atoms with Gasteiger partial charge in [0.2, 0.25) is 29.5 Å². The first kappa shape index (κ1) is 44.0. The molecule has 0 fully saturated rings. The fourth-order valence-corrected chi connectivity index (χ4v) is 5.41. The molecule has 0 aliphatic carbocycles. The Labute approximate surface area is 298 Å². The summed E-state index contributed by atoms with van der Waals surface area (Å²) in [5.74, 6) is -3.03. The van der Waals surface area contributed by atoms with Gasteiger partial charge >= 0.3 is 5.97 Å². The fraction of sp³-hybridized carbons (Fsp3) is 0.676. The number of nitrogens with one attached hydrogen (secondary N) is 6. The predicted molar refractivity (Wildman–Crippen MR) is 194 cm³/mol. The number of aliphatic carboxylic acids is 1. The summed E-state index contributed by atoms with van der Waals surface area (Å²) in [5.41, 5.74) is 0.998. The number of hydrogen-bond donors (Lipinski definition) is 7. The summed E-state index contributed by atoms with van der Waals surface area (Å²) in [5, 5.41) is 26.4. The number of carbonyl (C=O) groups excluding carboxylic acids is 5. The zero-order valence-electron chi connectivity index (χ0n) is 31.3. The molecule has 282 valence electrons. The molecule has 0 aromatic heterocycles. The lowest BCUT2D eigenvalue weighted by Crippen LogP contribution is -2.58. The van der Waals surface area contributed by atoms with Gasteiger partial charge in [0.25, 0.3) is 0 Å². The molecule has 0 spiro atoms. The van der Waals surface area contributed by atoms with Gasteiger partial charge in [0.15, 0.2) is 0 Å². The number of likely N-dealkylation sites (N-methyl/N-ethyl adjacent to an activating group) is 1. The van der Waals surface area contributed by atoms with E-state index in [0.29, 0.717) is 32.2 Å². The highest BCUT2D eigenvalue weighted by molar-refractivity contribution is 5.92. The van der Waals surface area contributed by atoms with Crippen molar-refractivity contribution in [3.63, 3.8) is 0 Å². The van der Waals surface area contributed by atoms with Gasteiger partial charge in [-0.3, -0.25) is 28.8 Å². The number of benzene rings is 1. The number of hydrogen-bond acceptors (Lipinski definition) is 7. The topological polar surface area (TPSA) is 195 Å². The van der Waals surface area contributed by atoms with Gasteiger partial charge in [-0.15, -0.1) is 0 Å². The van der Waals surface area contributed by atoms with Gasteiger partial charge < -0.3 is 37.0 Å². The van der Waals surface area contributed by atoms with E-state index >= 15 is 0 Å². The Morgan fingerprint density at radius 1 is 0.740 bits per heavy atom. The summed E-state index contributed by atoms with van der Waals surface area (Å²) in [6.45, 7) is 15.8. The van der Waals surface area contributed by atoms with E-state index in [0.717, 1.165) is 5.56 Å². The zero-order valence-corrected chi connectivity index (χ0v) is 31.3. The first-order valence-corrected chi connectivity index (χ1v) is 18.1. The van der Waals surface area contributed by atoms with Crippen LogP contribution in [0.2, 0.25) is 0 Å². The number of carboxylic acid groups (broad SMARTS) is 1. The molecule has 50 heavy (non-hydrogen) atoms. The minimum Gasteiger partial charge on any atom is -0.481 e. The molecule has 7 N–H and O–H groups in total. The van der Waals surface area contributed by atoms with Crippen molar-refractivity contribution < 1.29 is 33.9 Å². The molecule has 5 amide bonds. The first-order valence-electron chi connectivity index (χ1n) is 18.1. The van der Waals surface area contributed by atoms with Crippen LogP contribution in [0.5, 0.6) is 0 Å². The van der Waals surface area contributed by atoms with Crippen molar-refractivity contribution in [1.82, 2.24) is 31.9 Å². The highest BCUT2D eigenvalue weighted by atomic mass is 16.4. The van der Waals surface area contributed by atoms with Gasteiger partial charge in [-0.1, -0.05) is 78.3 Å². The lowest BCUT2D eigenvalue weighted by atomic mass is 9.96. The maximum atomic E-state index is 13.9. The second kappa shape index (κ2) is 23.4. The van der Waals surface area contributed by atoms with Gasteiger partial charge in [-0.2, -0.15) is 0 Å². The van der Waals surface area contributed by atoms with Crippen molar-refractivity contribution in [2.75, 3.05) is 13.1 Å². The van der Waals surface area contributed by atoms with E-state index in [4.69, 9.17) is 5.11 Å². The Bertz CT molecular complexity index is 1230. The van der Waals surface area contributed by atoms with Crippen LogP contribution in [-0.2, 0) is 35.2 Å². The largest absolute Gasteiger partial charge is 0.481 e. The van der Waals surface area contributed by atoms with E-state index in [1.807, 2.05) is 78.8 Å². The fourth-order valence-electron chi connectivity index (χ4n) is 5.41.